The summed E-state index contributed by atoms with van der Waals surface area (Å²) in [5.74, 6) is -1.65. The van der Waals surface area contributed by atoms with Crippen LogP contribution in [-0.4, -0.2) is 16.5 Å². The SMILES string of the molecule is COc1cc(F)c(-c2cc(=O)n(-c3cccc(Cl)c3Cl)n2C)c(F)c1. The Morgan fingerprint density at radius 1 is 1.08 bits per heavy atom. The van der Waals surface area contributed by atoms with E-state index < -0.39 is 17.2 Å². The van der Waals surface area contributed by atoms with E-state index in [1.54, 1.807) is 18.2 Å². The summed E-state index contributed by atoms with van der Waals surface area (Å²) in [7, 11) is 2.80. The summed E-state index contributed by atoms with van der Waals surface area (Å²) in [4.78, 5) is 12.4. The van der Waals surface area contributed by atoms with Gasteiger partial charge in [-0.1, -0.05) is 29.3 Å². The van der Waals surface area contributed by atoms with Gasteiger partial charge in [0.15, 0.2) is 0 Å². The van der Waals surface area contributed by atoms with Gasteiger partial charge in [-0.15, -0.1) is 0 Å². The smallest absolute Gasteiger partial charge is 0.272 e. The molecule has 0 N–H and O–H groups in total. The maximum atomic E-state index is 14.4. The van der Waals surface area contributed by atoms with Crippen LogP contribution >= 0.6 is 23.2 Å². The van der Waals surface area contributed by atoms with Crippen LogP contribution in [-0.2, 0) is 7.05 Å². The molecule has 0 aliphatic heterocycles. The van der Waals surface area contributed by atoms with E-state index in [9.17, 15) is 13.6 Å². The summed E-state index contributed by atoms with van der Waals surface area (Å²) in [5, 5.41) is 0.422. The van der Waals surface area contributed by atoms with Crippen LogP contribution in [0.4, 0.5) is 8.78 Å². The third-order valence-electron chi connectivity index (χ3n) is 3.78. The summed E-state index contributed by atoms with van der Waals surface area (Å²) in [6, 6.07) is 8.01. The van der Waals surface area contributed by atoms with Crippen molar-refractivity contribution in [1.82, 2.24) is 9.36 Å². The number of hydrogen-bond acceptors (Lipinski definition) is 2. The van der Waals surface area contributed by atoms with Gasteiger partial charge in [0.25, 0.3) is 5.56 Å². The Bertz CT molecular complexity index is 1000. The fraction of sp³-hybridized carbons (Fsp3) is 0.118. The van der Waals surface area contributed by atoms with Gasteiger partial charge in [-0.2, -0.15) is 0 Å². The van der Waals surface area contributed by atoms with Crippen LogP contribution in [0, 0.1) is 11.6 Å². The van der Waals surface area contributed by atoms with Gasteiger partial charge in [0.1, 0.15) is 17.4 Å². The van der Waals surface area contributed by atoms with E-state index in [2.05, 4.69) is 0 Å². The summed E-state index contributed by atoms with van der Waals surface area (Å²) in [6.45, 7) is 0. The summed E-state index contributed by atoms with van der Waals surface area (Å²) < 4.78 is 36.1. The van der Waals surface area contributed by atoms with Crippen LogP contribution in [0.1, 0.15) is 0 Å². The van der Waals surface area contributed by atoms with Crippen molar-refractivity contribution in [1.29, 1.82) is 0 Å². The van der Waals surface area contributed by atoms with Gasteiger partial charge in [-0.05, 0) is 12.1 Å². The number of nitrogens with zero attached hydrogens (tertiary/aromatic N) is 2. The topological polar surface area (TPSA) is 36.2 Å². The molecule has 2 aromatic carbocycles. The van der Waals surface area contributed by atoms with E-state index in [1.807, 2.05) is 0 Å². The number of methoxy groups -OCH3 is 1. The van der Waals surface area contributed by atoms with Gasteiger partial charge in [0.05, 0.1) is 34.1 Å². The molecule has 3 rings (SSSR count). The molecule has 0 aliphatic carbocycles. The highest BCUT2D eigenvalue weighted by Gasteiger charge is 2.21. The van der Waals surface area contributed by atoms with Crippen molar-refractivity contribution >= 4 is 23.2 Å². The van der Waals surface area contributed by atoms with Gasteiger partial charge in [-0.3, -0.25) is 9.48 Å². The van der Waals surface area contributed by atoms with Crippen molar-refractivity contribution in [2.45, 2.75) is 0 Å². The Kier molecular flexibility index (Phi) is 4.58. The molecule has 8 heteroatoms. The molecule has 130 valence electrons. The molecule has 25 heavy (non-hydrogen) atoms. The second kappa shape index (κ2) is 6.54. The predicted octanol–water partition coefficient (Wildman–Crippen LogP) is 4.44. The summed E-state index contributed by atoms with van der Waals surface area (Å²) in [5.41, 5.74) is -0.477. The van der Waals surface area contributed by atoms with E-state index in [0.29, 0.717) is 5.69 Å². The number of hydrogen-bond donors (Lipinski definition) is 0. The van der Waals surface area contributed by atoms with Gasteiger partial charge in [-0.25, -0.2) is 13.5 Å². The van der Waals surface area contributed by atoms with Crippen LogP contribution in [0.25, 0.3) is 16.9 Å². The molecule has 0 unspecified atom stereocenters. The second-order valence-corrected chi connectivity index (χ2v) is 6.03. The quantitative estimate of drug-likeness (QED) is 0.669. The van der Waals surface area contributed by atoms with Crippen LogP contribution in [0.15, 0.2) is 41.2 Å². The highest BCUT2D eigenvalue weighted by Crippen LogP contribution is 2.31. The third kappa shape index (κ3) is 2.92. The minimum absolute atomic E-state index is 0.0427. The Hall–Kier alpha value is -2.31. The van der Waals surface area contributed by atoms with Crippen molar-refractivity contribution in [3.63, 3.8) is 0 Å². The van der Waals surface area contributed by atoms with Crippen LogP contribution in [0.2, 0.25) is 10.0 Å². The first-order valence-corrected chi connectivity index (χ1v) is 7.87. The normalized spacial score (nSPS) is 11.0. The number of halogens is 4. The van der Waals surface area contributed by atoms with Gasteiger partial charge < -0.3 is 4.74 Å². The van der Waals surface area contributed by atoms with Gasteiger partial charge in [0.2, 0.25) is 0 Å². The van der Waals surface area contributed by atoms with Crippen molar-refractivity contribution < 1.29 is 13.5 Å². The monoisotopic (exact) mass is 384 g/mol. The molecule has 0 atom stereocenters. The fourth-order valence-electron chi connectivity index (χ4n) is 2.61. The van der Waals surface area contributed by atoms with Crippen LogP contribution < -0.4 is 10.3 Å². The van der Waals surface area contributed by atoms with E-state index in [-0.39, 0.29) is 27.1 Å². The highest BCUT2D eigenvalue weighted by atomic mass is 35.5. The predicted molar refractivity (Wildman–Crippen MR) is 92.9 cm³/mol. The lowest BCUT2D eigenvalue weighted by Gasteiger charge is -2.13. The number of benzene rings is 2. The molecule has 0 radical (unpaired) electrons. The van der Waals surface area contributed by atoms with Gasteiger partial charge >= 0.3 is 0 Å². The average Bonchev–Trinajstić information content (AvgIpc) is 2.84. The van der Waals surface area contributed by atoms with E-state index in [1.165, 1.54) is 23.5 Å². The minimum atomic E-state index is -0.846. The molecule has 0 spiro atoms. The molecule has 0 fully saturated rings. The Morgan fingerprint density at radius 3 is 2.32 bits per heavy atom. The lowest BCUT2D eigenvalue weighted by atomic mass is 10.1. The fourth-order valence-corrected chi connectivity index (χ4v) is 2.99. The first-order chi connectivity index (χ1) is 11.8. The molecule has 1 heterocycles. The molecule has 0 aliphatic rings. The van der Waals surface area contributed by atoms with Crippen molar-refractivity contribution in [3.05, 3.63) is 68.4 Å². The number of ether oxygens (including phenoxy) is 1. The molecular formula is C17H12Cl2F2N2O2. The molecule has 3 aromatic rings. The van der Waals surface area contributed by atoms with E-state index >= 15 is 0 Å². The zero-order valence-corrected chi connectivity index (χ0v) is 14.7. The second-order valence-electron chi connectivity index (χ2n) is 5.24. The Morgan fingerprint density at radius 2 is 1.72 bits per heavy atom. The Labute approximate surface area is 151 Å². The molecule has 1 aromatic heterocycles. The molecule has 0 bridgehead atoms. The molecule has 0 saturated carbocycles. The molecular weight excluding hydrogens is 373 g/mol. The third-order valence-corrected chi connectivity index (χ3v) is 4.59. The van der Waals surface area contributed by atoms with Crippen LogP contribution in [0.5, 0.6) is 5.75 Å². The van der Waals surface area contributed by atoms with Crippen LogP contribution in [0.3, 0.4) is 0 Å². The summed E-state index contributed by atoms with van der Waals surface area (Å²) in [6.07, 6.45) is 0. The highest BCUT2D eigenvalue weighted by molar-refractivity contribution is 6.43. The molecule has 0 saturated heterocycles. The van der Waals surface area contributed by atoms with Crippen molar-refractivity contribution in [2.75, 3.05) is 7.11 Å². The van der Waals surface area contributed by atoms with Gasteiger partial charge in [0, 0.05) is 25.2 Å². The maximum Gasteiger partial charge on any atom is 0.272 e. The standard InChI is InChI=1S/C17H12Cl2F2N2O2/c1-22-14(16-11(20)6-9(25-2)7-12(16)21)8-15(24)23(22)13-5-3-4-10(18)17(13)19/h3-8H,1-2H3. The minimum Gasteiger partial charge on any atom is -0.497 e. The lowest BCUT2D eigenvalue weighted by molar-refractivity contribution is 0.407. The Balaban J connectivity index is 2.26. The van der Waals surface area contributed by atoms with E-state index in [4.69, 9.17) is 27.9 Å². The zero-order valence-electron chi connectivity index (χ0n) is 13.2. The van der Waals surface area contributed by atoms with Crippen molar-refractivity contribution in [3.8, 4) is 22.7 Å². The lowest BCUT2D eigenvalue weighted by Crippen LogP contribution is -2.19. The average molecular weight is 385 g/mol. The zero-order chi connectivity index (χ0) is 18.3. The van der Waals surface area contributed by atoms with E-state index in [0.717, 1.165) is 18.2 Å². The first-order valence-electron chi connectivity index (χ1n) is 7.12. The molecule has 4 nitrogen and oxygen atoms in total. The number of rotatable bonds is 3. The summed E-state index contributed by atoms with van der Waals surface area (Å²) >= 11 is 12.1. The maximum absolute atomic E-state index is 14.4. The largest absolute Gasteiger partial charge is 0.497 e. The molecule has 0 amide bonds. The first kappa shape index (κ1) is 17.5. The van der Waals surface area contributed by atoms with Crippen molar-refractivity contribution in [2.24, 2.45) is 7.05 Å². The number of aromatic nitrogens is 2.